The largest absolute Gasteiger partial charge is 0.358 e. The summed E-state index contributed by atoms with van der Waals surface area (Å²) in [5, 5.41) is 5.42. The third kappa shape index (κ3) is 10.6. The molecule has 57 heavy (non-hydrogen) atoms. The first-order valence-corrected chi connectivity index (χ1v) is 20.3. The number of rotatable bonds is 8. The van der Waals surface area contributed by atoms with E-state index in [0.717, 1.165) is 22.3 Å². The Bertz CT molecular complexity index is 1930. The summed E-state index contributed by atoms with van der Waals surface area (Å²) in [6, 6.07) is 15.7. The van der Waals surface area contributed by atoms with Crippen molar-refractivity contribution in [2.24, 2.45) is 5.41 Å². The van der Waals surface area contributed by atoms with Gasteiger partial charge in [-0.2, -0.15) is 0 Å². The summed E-state index contributed by atoms with van der Waals surface area (Å²) in [6.07, 6.45) is 1.30. The fourth-order valence-electron chi connectivity index (χ4n) is 7.17. The average molecular weight is 791 g/mol. The van der Waals surface area contributed by atoms with Crippen LogP contribution in [0.3, 0.4) is 0 Å². The van der Waals surface area contributed by atoms with Gasteiger partial charge in [0, 0.05) is 61.3 Å². The Kier molecular flexibility index (Phi) is 16.8. The van der Waals surface area contributed by atoms with Crippen molar-refractivity contribution in [1.29, 1.82) is 0 Å². The second-order valence-electron chi connectivity index (χ2n) is 15.1. The minimum Gasteiger partial charge on any atom is -0.358 e. The number of hydrogen-bond donors (Lipinski definition) is 2. The lowest BCUT2D eigenvalue weighted by Gasteiger charge is -2.25. The van der Waals surface area contributed by atoms with Gasteiger partial charge in [0.2, 0.25) is 11.8 Å². The van der Waals surface area contributed by atoms with E-state index in [1.165, 1.54) is 0 Å². The van der Waals surface area contributed by atoms with Gasteiger partial charge >= 0.3 is 0 Å². The Hall–Kier alpha value is -4.86. The topological polar surface area (TPSA) is 64.7 Å². The number of nitrogens with one attached hydrogen (secondary N) is 2. The number of nitrogens with zero attached hydrogens (tertiary/aromatic N) is 2. The van der Waals surface area contributed by atoms with Gasteiger partial charge in [0.05, 0.1) is 11.4 Å². The van der Waals surface area contributed by atoms with Crippen LogP contribution in [0.25, 0.3) is 0 Å². The highest BCUT2D eigenvalue weighted by Crippen LogP contribution is 2.41. The number of anilines is 4. The molecule has 0 spiro atoms. The smallest absolute Gasteiger partial charge is 0.224 e. The molecule has 2 aliphatic rings. The minimum atomic E-state index is -0.614. The number of carbonyl (C=O) groups is 2. The molecule has 0 saturated carbocycles. The normalized spacial score (nSPS) is 12.6. The van der Waals surface area contributed by atoms with Crippen molar-refractivity contribution in [3.63, 3.8) is 0 Å². The second-order valence-corrected chi connectivity index (χ2v) is 15.1. The van der Waals surface area contributed by atoms with E-state index in [0.29, 0.717) is 55.8 Å². The summed E-state index contributed by atoms with van der Waals surface area (Å²) in [5.74, 6) is -2.85. The third-order valence-electron chi connectivity index (χ3n) is 9.94. The second kappa shape index (κ2) is 20.5. The minimum absolute atomic E-state index is 0.0180. The molecule has 2 heterocycles. The molecule has 4 aromatic rings. The van der Waals surface area contributed by atoms with Crippen LogP contribution < -0.4 is 20.4 Å². The summed E-state index contributed by atoms with van der Waals surface area (Å²) in [5.41, 5.74) is 5.94. The highest BCUT2D eigenvalue weighted by Gasteiger charge is 2.31. The Morgan fingerprint density at radius 1 is 0.579 bits per heavy atom. The maximum Gasteiger partial charge on any atom is 0.224 e. The first-order valence-electron chi connectivity index (χ1n) is 20.3. The van der Waals surface area contributed by atoms with Crippen molar-refractivity contribution in [3.8, 4) is 0 Å². The van der Waals surface area contributed by atoms with E-state index in [1.54, 1.807) is 30.6 Å². The zero-order chi connectivity index (χ0) is 42.8. The van der Waals surface area contributed by atoms with Crippen molar-refractivity contribution in [3.05, 3.63) is 116 Å². The number of hydrogen-bond acceptors (Lipinski definition) is 4. The van der Waals surface area contributed by atoms with Gasteiger partial charge in [-0.1, -0.05) is 118 Å². The molecule has 2 amide bonds. The molecule has 0 fully saturated rings. The molecule has 2 N–H and O–H groups in total. The van der Waals surface area contributed by atoms with E-state index in [1.807, 2.05) is 111 Å². The third-order valence-corrected chi connectivity index (χ3v) is 9.94. The molecular formula is C47H62F4N4O2. The van der Waals surface area contributed by atoms with E-state index in [2.05, 4.69) is 10.6 Å². The molecule has 10 heteroatoms. The maximum atomic E-state index is 15.3. The molecule has 0 aromatic heterocycles. The lowest BCUT2D eigenvalue weighted by molar-refractivity contribution is -0.118. The average Bonchev–Trinajstić information content (AvgIpc) is 3.81. The molecule has 6 nitrogen and oxygen atoms in total. The van der Waals surface area contributed by atoms with E-state index < -0.39 is 23.3 Å². The van der Waals surface area contributed by atoms with Gasteiger partial charge in [-0.05, 0) is 54.4 Å². The van der Waals surface area contributed by atoms with E-state index in [4.69, 9.17) is 0 Å². The van der Waals surface area contributed by atoms with Crippen LogP contribution in [0.4, 0.5) is 40.3 Å². The molecule has 6 rings (SSSR count). The van der Waals surface area contributed by atoms with E-state index in [9.17, 15) is 9.59 Å². The van der Waals surface area contributed by atoms with Crippen LogP contribution >= 0.6 is 0 Å². The van der Waals surface area contributed by atoms with Crippen LogP contribution in [-0.2, 0) is 48.6 Å². The van der Waals surface area contributed by atoms with Gasteiger partial charge in [0.25, 0.3) is 0 Å². The predicted octanol–water partition coefficient (Wildman–Crippen LogP) is 12.5. The molecule has 0 unspecified atom stereocenters. The highest BCUT2D eigenvalue weighted by atomic mass is 19.1. The van der Waals surface area contributed by atoms with Crippen LogP contribution in [-0.4, -0.2) is 11.8 Å². The molecule has 0 radical (unpaired) electrons. The van der Waals surface area contributed by atoms with Gasteiger partial charge in [0.15, 0.2) is 23.3 Å². The lowest BCUT2D eigenvalue weighted by atomic mass is 9.92. The molecule has 310 valence electrons. The zero-order valence-corrected chi connectivity index (χ0v) is 36.0. The molecule has 0 aliphatic carbocycles. The molecule has 0 bridgehead atoms. The van der Waals surface area contributed by atoms with E-state index >= 15 is 17.6 Å². The van der Waals surface area contributed by atoms with Crippen molar-refractivity contribution < 1.29 is 27.2 Å². The number of benzene rings is 4. The predicted molar refractivity (Wildman–Crippen MR) is 228 cm³/mol. The fraction of sp³-hybridized carbons (Fsp3) is 0.447. The highest BCUT2D eigenvalue weighted by molar-refractivity contribution is 5.94. The monoisotopic (exact) mass is 790 g/mol. The van der Waals surface area contributed by atoms with Crippen LogP contribution in [0.5, 0.6) is 0 Å². The van der Waals surface area contributed by atoms with E-state index in [-0.39, 0.29) is 58.3 Å². The Balaban J connectivity index is 0.000000281. The molecule has 2 aliphatic heterocycles. The van der Waals surface area contributed by atoms with Crippen LogP contribution in [0.1, 0.15) is 127 Å². The number of carbonyl (C=O) groups excluding carboxylic acids is 2. The Labute approximate surface area is 338 Å². The summed E-state index contributed by atoms with van der Waals surface area (Å²) >= 11 is 0. The summed E-state index contributed by atoms with van der Waals surface area (Å²) in [4.78, 5) is 27.6. The van der Waals surface area contributed by atoms with Gasteiger partial charge in [-0.25, -0.2) is 17.6 Å². The molecule has 0 atom stereocenters. The lowest BCUT2D eigenvalue weighted by Crippen LogP contribution is -2.23. The number of amides is 2. The standard InChI is InChI=1S/C22H26F2N2O.C21H24F2N2O.2C2H6/c1-13-18(23)21(26-11-15-8-6-7-9-16(15)12-26)19(24)14(2)20(13)25-17(27)10-22(3,4)5;1-4-15-18(22)21(25-11-13-9-7-8-10-14(13)12-25)19(23)16(5-2)20(15)24-17(26)6-3;2*1-2/h6-9H,10-12H2,1-5H3,(H,25,27);7-10H,4-6,11-12H2,1-3H3,(H,24,26);2*1-2H3. The summed E-state index contributed by atoms with van der Waals surface area (Å²) < 4.78 is 60.9. The summed E-state index contributed by atoms with van der Waals surface area (Å²) in [7, 11) is 0. The zero-order valence-electron chi connectivity index (χ0n) is 36.0. The Morgan fingerprint density at radius 3 is 1.23 bits per heavy atom. The number of fused-ring (bicyclic) bond motifs is 2. The number of halogens is 4. The summed E-state index contributed by atoms with van der Waals surface area (Å²) in [6.45, 7) is 24.3. The molecule has 0 saturated heterocycles. The SMILES string of the molecule is CC.CC.CCC(=O)Nc1c(CC)c(F)c(N2Cc3ccccc3C2)c(F)c1CC.Cc1c(F)c(N2Cc3ccccc3C2)c(F)c(C)c1NC(=O)CC(C)(C)C. The van der Waals surface area contributed by atoms with Crippen molar-refractivity contribution in [2.45, 2.75) is 135 Å². The van der Waals surface area contributed by atoms with Crippen molar-refractivity contribution in [2.75, 3.05) is 20.4 Å². The maximum absolute atomic E-state index is 15.3. The van der Waals surface area contributed by atoms with Gasteiger partial charge in [0.1, 0.15) is 11.4 Å². The van der Waals surface area contributed by atoms with Gasteiger partial charge in [-0.3, -0.25) is 9.59 Å². The van der Waals surface area contributed by atoms with Crippen LogP contribution in [0, 0.1) is 42.5 Å². The Morgan fingerprint density at radius 2 is 0.912 bits per heavy atom. The van der Waals surface area contributed by atoms with Gasteiger partial charge in [-0.15, -0.1) is 0 Å². The van der Waals surface area contributed by atoms with Crippen LogP contribution in [0.2, 0.25) is 0 Å². The fourth-order valence-corrected chi connectivity index (χ4v) is 7.17. The molecule has 4 aromatic carbocycles. The first kappa shape index (κ1) is 46.5. The molecular weight excluding hydrogens is 729 g/mol. The first-order chi connectivity index (χ1) is 27.1. The van der Waals surface area contributed by atoms with Gasteiger partial charge < -0.3 is 20.4 Å². The van der Waals surface area contributed by atoms with Crippen LogP contribution in [0.15, 0.2) is 48.5 Å². The quantitative estimate of drug-likeness (QED) is 0.175. The van der Waals surface area contributed by atoms with Crippen molar-refractivity contribution >= 4 is 34.6 Å². The van der Waals surface area contributed by atoms with Crippen molar-refractivity contribution in [1.82, 2.24) is 0 Å².